The van der Waals surface area contributed by atoms with Crippen LogP contribution in [0.2, 0.25) is 0 Å². The van der Waals surface area contributed by atoms with E-state index in [4.69, 9.17) is 0 Å². The number of carbonyl (C=O) groups excluding carboxylic acids is 2. The van der Waals surface area contributed by atoms with Gasteiger partial charge in [0.1, 0.15) is 11.4 Å². The standard InChI is InChI=1S/C18H14N2O4/c1-8-6-11(21)19-15-13(8)17(23)14-9(2)7-12(22)20(10-4-3-5-10)16(14)18(15)24/h3-4,6-7,10H,5H2,1-2H3,(H,19,21). The number of hydrogen-bond donors (Lipinski definition) is 1. The van der Waals surface area contributed by atoms with Crippen molar-refractivity contribution in [3.05, 3.63) is 78.6 Å². The van der Waals surface area contributed by atoms with Gasteiger partial charge in [0.15, 0.2) is 5.78 Å². The lowest BCUT2D eigenvalue weighted by molar-refractivity contribution is 0.0964. The predicted molar refractivity (Wildman–Crippen MR) is 86.9 cm³/mol. The van der Waals surface area contributed by atoms with Crippen molar-refractivity contribution in [3.63, 3.8) is 0 Å². The van der Waals surface area contributed by atoms with E-state index >= 15 is 0 Å². The first-order valence-electron chi connectivity index (χ1n) is 7.66. The lowest BCUT2D eigenvalue weighted by Crippen LogP contribution is -2.38. The van der Waals surface area contributed by atoms with Crippen molar-refractivity contribution in [2.75, 3.05) is 0 Å². The summed E-state index contributed by atoms with van der Waals surface area (Å²) in [6.07, 6.45) is 4.36. The van der Waals surface area contributed by atoms with Crippen LogP contribution in [0.15, 0.2) is 33.9 Å². The Bertz CT molecular complexity index is 1090. The van der Waals surface area contributed by atoms with Gasteiger partial charge >= 0.3 is 0 Å². The number of H-pyrrole nitrogens is 1. The van der Waals surface area contributed by atoms with Gasteiger partial charge in [-0.2, -0.15) is 0 Å². The number of nitrogens with one attached hydrogen (secondary N) is 1. The van der Waals surface area contributed by atoms with Crippen LogP contribution in [-0.2, 0) is 0 Å². The molecule has 2 aromatic heterocycles. The fourth-order valence-corrected chi connectivity index (χ4v) is 3.43. The summed E-state index contributed by atoms with van der Waals surface area (Å²) in [5.41, 5.74) is 0.684. The number of aromatic nitrogens is 2. The summed E-state index contributed by atoms with van der Waals surface area (Å²) in [6.45, 7) is 3.28. The smallest absolute Gasteiger partial charge is 0.251 e. The van der Waals surface area contributed by atoms with Gasteiger partial charge in [-0.1, -0.05) is 12.2 Å². The molecule has 0 saturated heterocycles. The summed E-state index contributed by atoms with van der Waals surface area (Å²) in [7, 11) is 0. The Morgan fingerprint density at radius 1 is 1.00 bits per heavy atom. The number of carbonyl (C=O) groups is 2. The average Bonchev–Trinajstić information content (AvgIpc) is 2.44. The molecule has 0 bridgehead atoms. The summed E-state index contributed by atoms with van der Waals surface area (Å²) >= 11 is 0. The molecule has 4 rings (SSSR count). The van der Waals surface area contributed by atoms with Gasteiger partial charge in [0.25, 0.3) is 5.56 Å². The molecule has 0 aromatic carbocycles. The van der Waals surface area contributed by atoms with Gasteiger partial charge in [0.05, 0.1) is 17.2 Å². The molecule has 2 aliphatic rings. The molecule has 1 unspecified atom stereocenters. The molecule has 2 heterocycles. The Labute approximate surface area is 136 Å². The van der Waals surface area contributed by atoms with Crippen LogP contribution < -0.4 is 11.1 Å². The Hall–Kier alpha value is -3.02. The first kappa shape index (κ1) is 14.6. The van der Waals surface area contributed by atoms with E-state index in [1.807, 2.05) is 12.2 Å². The maximum absolute atomic E-state index is 13.0. The number of aryl methyl sites for hydroxylation is 2. The molecule has 0 fully saturated rings. The van der Waals surface area contributed by atoms with Crippen LogP contribution in [0, 0.1) is 13.8 Å². The predicted octanol–water partition coefficient (Wildman–Crippen LogP) is 1.43. The second kappa shape index (κ2) is 4.74. The minimum atomic E-state index is -0.485. The summed E-state index contributed by atoms with van der Waals surface area (Å²) in [4.78, 5) is 52.7. The maximum Gasteiger partial charge on any atom is 0.251 e. The molecule has 120 valence electrons. The molecule has 0 saturated carbocycles. The van der Waals surface area contributed by atoms with E-state index in [-0.39, 0.29) is 39.9 Å². The van der Waals surface area contributed by atoms with E-state index in [1.165, 1.54) is 16.7 Å². The van der Waals surface area contributed by atoms with E-state index in [1.54, 1.807) is 13.8 Å². The number of aromatic amines is 1. The topological polar surface area (TPSA) is 89.0 Å². The fourth-order valence-electron chi connectivity index (χ4n) is 3.43. The summed E-state index contributed by atoms with van der Waals surface area (Å²) in [5, 5.41) is 0. The molecule has 0 amide bonds. The van der Waals surface area contributed by atoms with Gasteiger partial charge in [-0.15, -0.1) is 0 Å². The quantitative estimate of drug-likeness (QED) is 0.686. The number of pyridine rings is 2. The van der Waals surface area contributed by atoms with Gasteiger partial charge in [0.2, 0.25) is 11.3 Å². The van der Waals surface area contributed by atoms with Crippen molar-refractivity contribution in [1.82, 2.24) is 9.55 Å². The molecule has 1 atom stereocenters. The number of nitrogens with zero attached hydrogens (tertiary/aromatic N) is 1. The fraction of sp³-hybridized carbons (Fsp3) is 0.222. The lowest BCUT2D eigenvalue weighted by Gasteiger charge is -2.28. The lowest BCUT2D eigenvalue weighted by atomic mass is 9.84. The third kappa shape index (κ3) is 1.76. The highest BCUT2D eigenvalue weighted by molar-refractivity contribution is 6.28. The zero-order valence-electron chi connectivity index (χ0n) is 13.2. The summed E-state index contributed by atoms with van der Waals surface area (Å²) in [5.74, 6) is -0.815. The molecule has 2 aromatic rings. The molecule has 24 heavy (non-hydrogen) atoms. The average molecular weight is 322 g/mol. The van der Waals surface area contributed by atoms with Crippen molar-refractivity contribution in [1.29, 1.82) is 0 Å². The largest absolute Gasteiger partial charge is 0.318 e. The number of fused-ring (bicyclic) bond motifs is 2. The van der Waals surface area contributed by atoms with E-state index < -0.39 is 11.3 Å². The van der Waals surface area contributed by atoms with Gasteiger partial charge in [-0.3, -0.25) is 23.7 Å². The third-order valence-corrected chi connectivity index (χ3v) is 4.65. The Kier molecular flexibility index (Phi) is 2.87. The van der Waals surface area contributed by atoms with E-state index in [0.717, 1.165) is 0 Å². The van der Waals surface area contributed by atoms with Crippen molar-refractivity contribution in [2.24, 2.45) is 0 Å². The minimum absolute atomic E-state index is 0.0282. The maximum atomic E-state index is 13.0. The van der Waals surface area contributed by atoms with Gasteiger partial charge < -0.3 is 4.98 Å². The highest BCUT2D eigenvalue weighted by Gasteiger charge is 2.37. The van der Waals surface area contributed by atoms with Crippen LogP contribution in [0.1, 0.15) is 55.7 Å². The zero-order chi connectivity index (χ0) is 17.2. The minimum Gasteiger partial charge on any atom is -0.318 e. The first-order chi connectivity index (χ1) is 11.4. The molecule has 0 spiro atoms. The van der Waals surface area contributed by atoms with Crippen LogP contribution in [-0.4, -0.2) is 21.1 Å². The third-order valence-electron chi connectivity index (χ3n) is 4.65. The molecule has 0 radical (unpaired) electrons. The van der Waals surface area contributed by atoms with Gasteiger partial charge in [-0.05, 0) is 31.4 Å². The summed E-state index contributed by atoms with van der Waals surface area (Å²) in [6, 6.07) is 2.46. The van der Waals surface area contributed by atoms with E-state index in [2.05, 4.69) is 4.98 Å². The zero-order valence-corrected chi connectivity index (χ0v) is 13.2. The Balaban J connectivity index is 2.12. The van der Waals surface area contributed by atoms with Crippen molar-refractivity contribution in [3.8, 4) is 0 Å². The number of hydrogen-bond acceptors (Lipinski definition) is 4. The molecule has 0 aliphatic heterocycles. The monoisotopic (exact) mass is 322 g/mol. The van der Waals surface area contributed by atoms with Crippen molar-refractivity contribution < 1.29 is 9.59 Å². The molecular formula is C18H14N2O4. The number of rotatable bonds is 1. The second-order valence-corrected chi connectivity index (χ2v) is 6.22. The van der Waals surface area contributed by atoms with Crippen LogP contribution in [0.4, 0.5) is 0 Å². The normalized spacial score (nSPS) is 18.2. The van der Waals surface area contributed by atoms with Gasteiger partial charge in [0, 0.05) is 12.1 Å². The molecule has 6 nitrogen and oxygen atoms in total. The summed E-state index contributed by atoms with van der Waals surface area (Å²) < 4.78 is 1.37. The second-order valence-electron chi connectivity index (χ2n) is 6.22. The highest BCUT2D eigenvalue weighted by atomic mass is 16.2. The van der Waals surface area contributed by atoms with Crippen LogP contribution in [0.3, 0.4) is 0 Å². The van der Waals surface area contributed by atoms with Crippen LogP contribution >= 0.6 is 0 Å². The number of allylic oxidation sites excluding steroid dienone is 2. The first-order valence-corrected chi connectivity index (χ1v) is 7.66. The Morgan fingerprint density at radius 3 is 2.29 bits per heavy atom. The Morgan fingerprint density at radius 2 is 1.67 bits per heavy atom. The van der Waals surface area contributed by atoms with E-state index in [0.29, 0.717) is 17.5 Å². The molecule has 2 aliphatic carbocycles. The van der Waals surface area contributed by atoms with Crippen LogP contribution in [0.5, 0.6) is 0 Å². The van der Waals surface area contributed by atoms with Crippen LogP contribution in [0.25, 0.3) is 0 Å². The van der Waals surface area contributed by atoms with Gasteiger partial charge in [-0.25, -0.2) is 0 Å². The van der Waals surface area contributed by atoms with Crippen molar-refractivity contribution in [2.45, 2.75) is 26.3 Å². The van der Waals surface area contributed by atoms with E-state index in [9.17, 15) is 19.2 Å². The molecule has 1 N–H and O–H groups in total. The SMILES string of the molecule is Cc1cc(=O)[nH]c2c1C(=O)c1c(C)cc(=O)n(C3C=CC3)c1C2=O. The highest BCUT2D eigenvalue weighted by Crippen LogP contribution is 2.32. The molecule has 6 heteroatoms. The number of ketones is 2. The molecular weight excluding hydrogens is 308 g/mol. The van der Waals surface area contributed by atoms with Crippen molar-refractivity contribution >= 4 is 11.6 Å².